The minimum atomic E-state index is 0.690. The quantitative estimate of drug-likeness (QED) is 0.769. The topological polar surface area (TPSA) is 39.2 Å². The Kier molecular flexibility index (Phi) is 2.69. The number of hydrogen-bond donors (Lipinski definition) is 0. The molecule has 0 fully saturated rings. The minimum Gasteiger partial charge on any atom is -0.472 e. The lowest BCUT2D eigenvalue weighted by atomic mass is 10.0. The third-order valence-electron chi connectivity index (χ3n) is 2.44. The Morgan fingerprint density at radius 2 is 2.00 bits per heavy atom. The molecule has 0 aromatic carbocycles. The van der Waals surface area contributed by atoms with Gasteiger partial charge in [-0.05, 0) is 26.8 Å². The highest BCUT2D eigenvalue weighted by molar-refractivity contribution is 5.79. The van der Waals surface area contributed by atoms with Crippen LogP contribution in [-0.2, 0) is 0 Å². The number of aryl methyl sites for hydroxylation is 2. The van der Waals surface area contributed by atoms with E-state index in [1.165, 1.54) is 5.57 Å². The molecular formula is C13H15NO2. The average molecular weight is 217 g/mol. The predicted octanol–water partition coefficient (Wildman–Crippen LogP) is 3.73. The first-order valence-electron chi connectivity index (χ1n) is 5.24. The van der Waals surface area contributed by atoms with E-state index in [0.717, 1.165) is 22.6 Å². The summed E-state index contributed by atoms with van der Waals surface area (Å²) in [5, 5.41) is 0. The van der Waals surface area contributed by atoms with Crippen molar-refractivity contribution in [2.75, 3.05) is 0 Å². The molecule has 2 heterocycles. The van der Waals surface area contributed by atoms with Crippen molar-refractivity contribution >= 4 is 5.57 Å². The van der Waals surface area contributed by atoms with E-state index >= 15 is 0 Å². The highest BCUT2D eigenvalue weighted by Gasteiger charge is 2.16. The summed E-state index contributed by atoms with van der Waals surface area (Å²) in [5.41, 5.74) is 4.18. The number of nitrogens with zero attached hydrogens (tertiary/aromatic N) is 1. The van der Waals surface area contributed by atoms with E-state index in [1.807, 2.05) is 19.9 Å². The molecule has 2 aromatic rings. The molecule has 0 aliphatic rings. The van der Waals surface area contributed by atoms with Gasteiger partial charge in [0, 0.05) is 18.1 Å². The second-order valence-corrected chi connectivity index (χ2v) is 4.03. The summed E-state index contributed by atoms with van der Waals surface area (Å²) < 4.78 is 10.8. The van der Waals surface area contributed by atoms with Crippen LogP contribution in [0.2, 0.25) is 0 Å². The highest BCUT2D eigenvalue weighted by Crippen LogP contribution is 2.29. The summed E-state index contributed by atoms with van der Waals surface area (Å²) in [6.07, 6.45) is 3.39. The van der Waals surface area contributed by atoms with E-state index in [1.54, 1.807) is 12.5 Å². The van der Waals surface area contributed by atoms with E-state index in [4.69, 9.17) is 8.83 Å². The first-order valence-corrected chi connectivity index (χ1v) is 5.24. The van der Waals surface area contributed by atoms with Gasteiger partial charge in [-0.15, -0.1) is 0 Å². The molecule has 0 N–H and O–H groups in total. The fourth-order valence-electron chi connectivity index (χ4n) is 1.82. The number of allylic oxidation sites excluding steroid dienone is 1. The summed E-state index contributed by atoms with van der Waals surface area (Å²) in [6, 6.07) is 1.93. The first-order chi connectivity index (χ1) is 7.59. The van der Waals surface area contributed by atoms with Crippen LogP contribution >= 0.6 is 0 Å². The molecule has 0 spiro atoms. The largest absolute Gasteiger partial charge is 0.472 e. The number of rotatable bonds is 2. The van der Waals surface area contributed by atoms with E-state index in [2.05, 4.69) is 18.8 Å². The van der Waals surface area contributed by atoms with E-state index in [0.29, 0.717) is 5.89 Å². The second-order valence-electron chi connectivity index (χ2n) is 4.03. The molecule has 0 saturated carbocycles. The lowest BCUT2D eigenvalue weighted by Crippen LogP contribution is -1.89. The third kappa shape index (κ3) is 1.81. The SMILES string of the molecule is CC(C)=C(c1ccoc1)c1oc(C)nc1C. The molecule has 0 radical (unpaired) electrons. The van der Waals surface area contributed by atoms with Gasteiger partial charge in [0.05, 0.1) is 18.2 Å². The van der Waals surface area contributed by atoms with Gasteiger partial charge in [-0.3, -0.25) is 0 Å². The molecule has 2 rings (SSSR count). The van der Waals surface area contributed by atoms with Gasteiger partial charge in [-0.25, -0.2) is 4.98 Å². The third-order valence-corrected chi connectivity index (χ3v) is 2.44. The Morgan fingerprint density at radius 1 is 1.25 bits per heavy atom. The lowest BCUT2D eigenvalue weighted by Gasteiger charge is -2.04. The molecule has 84 valence electrons. The monoisotopic (exact) mass is 217 g/mol. The summed E-state index contributed by atoms with van der Waals surface area (Å²) in [5.74, 6) is 1.52. The van der Waals surface area contributed by atoms with E-state index in [-0.39, 0.29) is 0 Å². The van der Waals surface area contributed by atoms with Crippen molar-refractivity contribution in [1.82, 2.24) is 4.98 Å². The molecule has 2 aromatic heterocycles. The summed E-state index contributed by atoms with van der Waals surface area (Å²) in [7, 11) is 0. The highest BCUT2D eigenvalue weighted by atomic mass is 16.4. The Balaban J connectivity index is 2.59. The zero-order chi connectivity index (χ0) is 11.7. The molecule has 0 unspecified atom stereocenters. The average Bonchev–Trinajstić information content (AvgIpc) is 2.78. The molecule has 0 atom stereocenters. The van der Waals surface area contributed by atoms with Gasteiger partial charge in [-0.1, -0.05) is 5.57 Å². The van der Waals surface area contributed by atoms with Crippen molar-refractivity contribution < 1.29 is 8.83 Å². The molecule has 0 saturated heterocycles. The Bertz CT molecular complexity index is 514. The van der Waals surface area contributed by atoms with Crippen LogP contribution in [0.25, 0.3) is 5.57 Å². The molecule has 0 aliphatic carbocycles. The summed E-state index contributed by atoms with van der Waals surface area (Å²) in [4.78, 5) is 4.29. The first kappa shape index (κ1) is 10.7. The van der Waals surface area contributed by atoms with Crippen molar-refractivity contribution in [2.24, 2.45) is 0 Å². The lowest BCUT2D eigenvalue weighted by molar-refractivity contribution is 0.509. The molecule has 3 nitrogen and oxygen atoms in total. The van der Waals surface area contributed by atoms with Crippen molar-refractivity contribution in [1.29, 1.82) is 0 Å². The maximum atomic E-state index is 5.65. The van der Waals surface area contributed by atoms with Crippen LogP contribution in [-0.4, -0.2) is 4.98 Å². The molecule has 3 heteroatoms. The van der Waals surface area contributed by atoms with E-state index < -0.39 is 0 Å². The van der Waals surface area contributed by atoms with Crippen LogP contribution in [0.15, 0.2) is 33.0 Å². The van der Waals surface area contributed by atoms with Crippen molar-refractivity contribution in [3.05, 3.63) is 47.1 Å². The fourth-order valence-corrected chi connectivity index (χ4v) is 1.82. The van der Waals surface area contributed by atoms with E-state index in [9.17, 15) is 0 Å². The van der Waals surface area contributed by atoms with Gasteiger partial charge in [0.25, 0.3) is 0 Å². The molecule has 0 aliphatic heterocycles. The normalized spacial score (nSPS) is 10.5. The number of oxazole rings is 1. The van der Waals surface area contributed by atoms with Crippen LogP contribution in [0.3, 0.4) is 0 Å². The van der Waals surface area contributed by atoms with Crippen LogP contribution in [0.5, 0.6) is 0 Å². The predicted molar refractivity (Wildman–Crippen MR) is 62.1 cm³/mol. The van der Waals surface area contributed by atoms with Crippen LogP contribution in [0.4, 0.5) is 0 Å². The summed E-state index contributed by atoms with van der Waals surface area (Å²) >= 11 is 0. The minimum absolute atomic E-state index is 0.690. The molecule has 0 bridgehead atoms. The molecular weight excluding hydrogens is 202 g/mol. The Hall–Kier alpha value is -1.77. The van der Waals surface area contributed by atoms with Crippen LogP contribution in [0, 0.1) is 13.8 Å². The van der Waals surface area contributed by atoms with Crippen molar-refractivity contribution in [3.63, 3.8) is 0 Å². The Morgan fingerprint density at radius 3 is 2.44 bits per heavy atom. The Labute approximate surface area is 94.8 Å². The van der Waals surface area contributed by atoms with Gasteiger partial charge in [0.1, 0.15) is 0 Å². The fraction of sp³-hybridized carbons (Fsp3) is 0.308. The second kappa shape index (κ2) is 4.00. The molecule has 16 heavy (non-hydrogen) atoms. The van der Waals surface area contributed by atoms with Crippen LogP contribution in [0.1, 0.15) is 36.8 Å². The van der Waals surface area contributed by atoms with Gasteiger partial charge in [0.2, 0.25) is 0 Å². The van der Waals surface area contributed by atoms with Crippen molar-refractivity contribution in [3.8, 4) is 0 Å². The van der Waals surface area contributed by atoms with Gasteiger partial charge >= 0.3 is 0 Å². The molecule has 0 amide bonds. The van der Waals surface area contributed by atoms with Gasteiger partial charge in [0.15, 0.2) is 11.7 Å². The number of aromatic nitrogens is 1. The zero-order valence-corrected chi connectivity index (χ0v) is 10.00. The van der Waals surface area contributed by atoms with Gasteiger partial charge < -0.3 is 8.83 Å². The maximum absolute atomic E-state index is 5.65. The zero-order valence-electron chi connectivity index (χ0n) is 10.00. The smallest absolute Gasteiger partial charge is 0.192 e. The maximum Gasteiger partial charge on any atom is 0.192 e. The van der Waals surface area contributed by atoms with Crippen molar-refractivity contribution in [2.45, 2.75) is 27.7 Å². The van der Waals surface area contributed by atoms with Gasteiger partial charge in [-0.2, -0.15) is 0 Å². The number of furan rings is 1. The summed E-state index contributed by atoms with van der Waals surface area (Å²) in [6.45, 7) is 7.92. The van der Waals surface area contributed by atoms with Crippen LogP contribution < -0.4 is 0 Å². The number of hydrogen-bond acceptors (Lipinski definition) is 3. The standard InChI is InChI=1S/C13H15NO2/c1-8(2)12(11-5-6-15-7-11)13-9(3)14-10(4)16-13/h5-7H,1-4H3.